The van der Waals surface area contributed by atoms with E-state index >= 15 is 0 Å². The quantitative estimate of drug-likeness (QED) is 0.788. The lowest BCUT2D eigenvalue weighted by atomic mass is 9.74. The average Bonchev–Trinajstić information content (AvgIpc) is 3.32. The number of amides is 2. The van der Waals surface area contributed by atoms with Crippen molar-refractivity contribution in [2.45, 2.75) is 81.9 Å². The Morgan fingerprint density at radius 1 is 1.17 bits per heavy atom. The second kappa shape index (κ2) is 7.42. The fourth-order valence-corrected chi connectivity index (χ4v) is 5.86. The number of morpholine rings is 1. The number of hydrogen-bond donors (Lipinski definition) is 0. The number of likely N-dealkylation sites (tertiary alicyclic amines) is 1. The van der Waals surface area contributed by atoms with Gasteiger partial charge in [-0.25, -0.2) is 0 Å². The van der Waals surface area contributed by atoms with Gasteiger partial charge in [0.2, 0.25) is 11.8 Å². The molecule has 4 aliphatic rings. The van der Waals surface area contributed by atoms with Gasteiger partial charge in [-0.2, -0.15) is 0 Å². The molecule has 0 radical (unpaired) electrons. The second-order valence-corrected chi connectivity index (χ2v) is 9.53. The molecule has 1 aromatic rings. The average molecular weight is 397 g/mol. The van der Waals surface area contributed by atoms with Crippen LogP contribution in [0.4, 0.5) is 0 Å². The number of rotatable bonds is 3. The first kappa shape index (κ1) is 19.1. The molecule has 5 rings (SSSR count). The summed E-state index contributed by atoms with van der Waals surface area (Å²) >= 11 is 0. The van der Waals surface area contributed by atoms with Gasteiger partial charge in [-0.15, -0.1) is 0 Å². The largest absolute Gasteiger partial charge is 0.373 e. The molecular weight excluding hydrogens is 364 g/mol. The summed E-state index contributed by atoms with van der Waals surface area (Å²) < 4.78 is 6.17. The number of carbonyl (C=O) groups excluding carboxylic acids is 2. The standard InChI is InChI=1S/C24H32N2O3/c1-17-6-4-13-25(17)22(27)14-19-15-26(24(16-29-19)11-5-12-24)23(28)21-10-9-18-7-2-3-8-20(18)21/h2-3,7-8,17,19,21H,4-6,9-16H2,1H3/t17-,19?,21+/m0/s1. The highest BCUT2D eigenvalue weighted by atomic mass is 16.5. The first-order valence-corrected chi connectivity index (χ1v) is 11.4. The summed E-state index contributed by atoms with van der Waals surface area (Å²) in [6.45, 7) is 4.13. The first-order valence-electron chi connectivity index (χ1n) is 11.4. The van der Waals surface area contributed by atoms with Gasteiger partial charge in [0.05, 0.1) is 30.6 Å². The predicted octanol–water partition coefficient (Wildman–Crippen LogP) is 3.27. The number of nitrogens with zero attached hydrogens (tertiary/aromatic N) is 2. The van der Waals surface area contributed by atoms with Crippen molar-refractivity contribution in [2.75, 3.05) is 19.7 Å². The molecule has 2 aliphatic carbocycles. The predicted molar refractivity (Wildman–Crippen MR) is 111 cm³/mol. The molecule has 2 amide bonds. The van der Waals surface area contributed by atoms with E-state index in [0.29, 0.717) is 25.6 Å². The van der Waals surface area contributed by atoms with E-state index in [1.54, 1.807) is 0 Å². The Morgan fingerprint density at radius 3 is 2.72 bits per heavy atom. The van der Waals surface area contributed by atoms with Crippen LogP contribution in [0.25, 0.3) is 0 Å². The van der Waals surface area contributed by atoms with Gasteiger partial charge in [-0.3, -0.25) is 9.59 Å². The molecule has 0 bridgehead atoms. The highest BCUT2D eigenvalue weighted by Crippen LogP contribution is 2.44. The van der Waals surface area contributed by atoms with Gasteiger partial charge >= 0.3 is 0 Å². The third kappa shape index (κ3) is 3.27. The minimum atomic E-state index is -0.179. The van der Waals surface area contributed by atoms with Crippen molar-refractivity contribution in [3.8, 4) is 0 Å². The van der Waals surface area contributed by atoms with Gasteiger partial charge in [-0.05, 0) is 63.0 Å². The maximum absolute atomic E-state index is 13.7. The van der Waals surface area contributed by atoms with Crippen molar-refractivity contribution in [1.29, 1.82) is 0 Å². The van der Waals surface area contributed by atoms with E-state index in [0.717, 1.165) is 51.5 Å². The molecule has 29 heavy (non-hydrogen) atoms. The molecule has 156 valence electrons. The van der Waals surface area contributed by atoms with Gasteiger partial charge in [0.15, 0.2) is 0 Å². The number of ether oxygens (including phenoxy) is 1. The van der Waals surface area contributed by atoms with Crippen LogP contribution < -0.4 is 0 Å². The van der Waals surface area contributed by atoms with E-state index in [4.69, 9.17) is 4.74 Å². The highest BCUT2D eigenvalue weighted by molar-refractivity contribution is 5.86. The SMILES string of the molecule is C[C@H]1CCCN1C(=O)CC1CN(C(=O)[C@@H]2CCc3ccccc32)C2(CCC2)CO1. The molecule has 1 aromatic carbocycles. The Morgan fingerprint density at radius 2 is 2.00 bits per heavy atom. The van der Waals surface area contributed by atoms with Crippen molar-refractivity contribution in [3.63, 3.8) is 0 Å². The number of carbonyl (C=O) groups is 2. The van der Waals surface area contributed by atoms with Gasteiger partial charge in [0, 0.05) is 19.1 Å². The van der Waals surface area contributed by atoms with Crippen LogP contribution >= 0.6 is 0 Å². The van der Waals surface area contributed by atoms with Gasteiger partial charge < -0.3 is 14.5 Å². The van der Waals surface area contributed by atoms with E-state index in [-0.39, 0.29) is 29.4 Å². The first-order chi connectivity index (χ1) is 14.1. The number of fused-ring (bicyclic) bond motifs is 1. The van der Waals surface area contributed by atoms with Gasteiger partial charge in [0.1, 0.15) is 0 Å². The zero-order valence-corrected chi connectivity index (χ0v) is 17.4. The molecule has 0 aromatic heterocycles. The Labute approximate surface area is 173 Å². The lowest BCUT2D eigenvalue weighted by Gasteiger charge is -2.55. The molecule has 5 heteroatoms. The zero-order valence-electron chi connectivity index (χ0n) is 17.4. The molecule has 0 N–H and O–H groups in total. The topological polar surface area (TPSA) is 49.9 Å². The van der Waals surface area contributed by atoms with E-state index in [9.17, 15) is 9.59 Å². The normalized spacial score (nSPS) is 30.3. The Hall–Kier alpha value is -1.88. The van der Waals surface area contributed by atoms with Crippen molar-refractivity contribution < 1.29 is 14.3 Å². The highest BCUT2D eigenvalue weighted by Gasteiger charge is 2.51. The van der Waals surface area contributed by atoms with Crippen molar-refractivity contribution in [1.82, 2.24) is 9.80 Å². The fraction of sp³-hybridized carbons (Fsp3) is 0.667. The molecular formula is C24H32N2O3. The minimum Gasteiger partial charge on any atom is -0.373 e. The molecule has 2 aliphatic heterocycles. The summed E-state index contributed by atoms with van der Waals surface area (Å²) in [4.78, 5) is 30.6. The van der Waals surface area contributed by atoms with Gasteiger partial charge in [-0.1, -0.05) is 24.3 Å². The van der Waals surface area contributed by atoms with Crippen LogP contribution in [0.2, 0.25) is 0 Å². The molecule has 3 fully saturated rings. The third-order valence-corrected chi connectivity index (χ3v) is 7.80. The third-order valence-electron chi connectivity index (χ3n) is 7.80. The molecule has 2 heterocycles. The second-order valence-electron chi connectivity index (χ2n) is 9.53. The smallest absolute Gasteiger partial charge is 0.230 e. The lowest BCUT2D eigenvalue weighted by Crippen LogP contribution is -2.65. The van der Waals surface area contributed by atoms with Crippen molar-refractivity contribution in [2.24, 2.45) is 0 Å². The van der Waals surface area contributed by atoms with Crippen LogP contribution in [0.5, 0.6) is 0 Å². The van der Waals surface area contributed by atoms with Crippen LogP contribution in [0.15, 0.2) is 24.3 Å². The molecule has 2 saturated heterocycles. The maximum atomic E-state index is 13.7. The molecule has 1 saturated carbocycles. The molecule has 1 spiro atoms. The monoisotopic (exact) mass is 396 g/mol. The van der Waals surface area contributed by atoms with Crippen molar-refractivity contribution >= 4 is 11.8 Å². The summed E-state index contributed by atoms with van der Waals surface area (Å²) in [6.07, 6.45) is 7.49. The maximum Gasteiger partial charge on any atom is 0.230 e. The van der Waals surface area contributed by atoms with Crippen LogP contribution in [-0.2, 0) is 20.7 Å². The van der Waals surface area contributed by atoms with Crippen LogP contribution in [0.3, 0.4) is 0 Å². The van der Waals surface area contributed by atoms with E-state index < -0.39 is 0 Å². The van der Waals surface area contributed by atoms with Crippen LogP contribution in [0, 0.1) is 0 Å². The van der Waals surface area contributed by atoms with Crippen LogP contribution in [0.1, 0.15) is 68.9 Å². The van der Waals surface area contributed by atoms with E-state index in [1.807, 2.05) is 11.0 Å². The Kier molecular flexibility index (Phi) is 4.89. The molecule has 5 nitrogen and oxygen atoms in total. The van der Waals surface area contributed by atoms with E-state index in [1.165, 1.54) is 11.1 Å². The summed E-state index contributed by atoms with van der Waals surface area (Å²) in [5.74, 6) is 0.407. The lowest BCUT2D eigenvalue weighted by molar-refractivity contribution is -0.175. The summed E-state index contributed by atoms with van der Waals surface area (Å²) in [7, 11) is 0. The zero-order chi connectivity index (χ0) is 20.0. The fourth-order valence-electron chi connectivity index (χ4n) is 5.86. The van der Waals surface area contributed by atoms with Gasteiger partial charge in [0.25, 0.3) is 0 Å². The Bertz CT molecular complexity index is 803. The number of aryl methyl sites for hydroxylation is 1. The van der Waals surface area contributed by atoms with E-state index in [2.05, 4.69) is 30.0 Å². The summed E-state index contributed by atoms with van der Waals surface area (Å²) in [6, 6.07) is 8.71. The minimum absolute atomic E-state index is 0.0308. The Balaban J connectivity index is 1.32. The molecule has 1 unspecified atom stereocenters. The number of benzene rings is 1. The summed E-state index contributed by atoms with van der Waals surface area (Å²) in [5, 5.41) is 0. The molecule has 3 atom stereocenters. The summed E-state index contributed by atoms with van der Waals surface area (Å²) in [5.41, 5.74) is 2.39. The number of hydrogen-bond acceptors (Lipinski definition) is 3. The van der Waals surface area contributed by atoms with Crippen LogP contribution in [-0.4, -0.2) is 59.0 Å². The van der Waals surface area contributed by atoms with Crippen molar-refractivity contribution in [3.05, 3.63) is 35.4 Å².